The number of piperidine rings is 1. The van der Waals surface area contributed by atoms with Gasteiger partial charge in [-0.05, 0) is 35.4 Å². The van der Waals surface area contributed by atoms with Crippen LogP contribution < -0.4 is 5.32 Å². The number of carbonyl (C=O) groups excluding carboxylic acids is 3. The van der Waals surface area contributed by atoms with Gasteiger partial charge in [-0.15, -0.1) is 0 Å². The molecule has 0 unspecified atom stereocenters. The fraction of sp³-hybridized carbons (Fsp3) is 0.407. The number of hydrogen-bond donors (Lipinski definition) is 1. The number of rotatable bonds is 11. The molecule has 2 aromatic rings. The molecular weight excluding hydrogens is 517 g/mol. The first-order chi connectivity index (χ1) is 18.6. The number of amides is 2. The van der Waals surface area contributed by atoms with E-state index < -0.39 is 31.1 Å². The maximum Gasteiger partial charge on any atom is 0.410 e. The van der Waals surface area contributed by atoms with Crippen LogP contribution >= 0.6 is 0 Å². The van der Waals surface area contributed by atoms with Crippen LogP contribution in [0.5, 0.6) is 0 Å². The predicted molar refractivity (Wildman–Crippen MR) is 134 cm³/mol. The summed E-state index contributed by atoms with van der Waals surface area (Å²) in [5, 5.41) is 11.3. The van der Waals surface area contributed by atoms with E-state index in [-0.39, 0.29) is 63.8 Å². The second-order valence-corrected chi connectivity index (χ2v) is 9.04. The van der Waals surface area contributed by atoms with Crippen molar-refractivity contribution in [3.8, 4) is 6.07 Å². The van der Waals surface area contributed by atoms with Crippen molar-refractivity contribution < 1.29 is 37.0 Å². The van der Waals surface area contributed by atoms with Gasteiger partial charge in [0.15, 0.2) is 6.61 Å². The molecule has 1 saturated heterocycles. The van der Waals surface area contributed by atoms with E-state index in [0.717, 1.165) is 4.90 Å². The minimum Gasteiger partial charge on any atom is -0.449 e. The van der Waals surface area contributed by atoms with E-state index in [0.29, 0.717) is 16.8 Å². The molecule has 39 heavy (non-hydrogen) atoms. The third-order valence-electron chi connectivity index (χ3n) is 6.03. The second kappa shape index (κ2) is 14.2. The molecule has 12 heteroatoms. The molecule has 0 spiro atoms. The maximum atomic E-state index is 13.4. The van der Waals surface area contributed by atoms with Gasteiger partial charge in [-0.25, -0.2) is 18.0 Å². The van der Waals surface area contributed by atoms with Crippen LogP contribution in [0.1, 0.15) is 24.0 Å². The van der Waals surface area contributed by atoms with E-state index in [1.54, 1.807) is 35.2 Å². The zero-order valence-corrected chi connectivity index (χ0v) is 21.2. The Morgan fingerprint density at radius 3 is 2.28 bits per heavy atom. The summed E-state index contributed by atoms with van der Waals surface area (Å²) in [5.41, 5.74) is 1.80. The summed E-state index contributed by atoms with van der Waals surface area (Å²) in [6.07, 6.45) is -1.27. The van der Waals surface area contributed by atoms with Crippen molar-refractivity contribution in [2.75, 3.05) is 44.6 Å². The van der Waals surface area contributed by atoms with Gasteiger partial charge in [-0.1, -0.05) is 24.3 Å². The zero-order valence-electron chi connectivity index (χ0n) is 21.2. The highest BCUT2D eigenvalue weighted by atomic mass is 19.3. The summed E-state index contributed by atoms with van der Waals surface area (Å²) < 4.78 is 49.9. The lowest BCUT2D eigenvalue weighted by Gasteiger charge is -2.33. The molecule has 1 N–H and O–H groups in total. The van der Waals surface area contributed by atoms with Crippen molar-refractivity contribution in [3.63, 3.8) is 0 Å². The number of likely N-dealkylation sites (tertiary alicyclic amines) is 1. The lowest BCUT2D eigenvalue weighted by molar-refractivity contribution is -0.143. The lowest BCUT2D eigenvalue weighted by Crippen LogP contribution is -2.45. The summed E-state index contributed by atoms with van der Waals surface area (Å²) in [5.74, 6) is -4.15. The summed E-state index contributed by atoms with van der Waals surface area (Å²) in [7, 11) is 0. The minimum absolute atomic E-state index is 0.0467. The number of nitrogens with zero attached hydrogens (tertiary/aromatic N) is 3. The molecule has 2 amide bonds. The number of carbonyl (C=O) groups is 3. The van der Waals surface area contributed by atoms with Crippen LogP contribution in [0.25, 0.3) is 0 Å². The molecular formula is C27H29F3N4O5. The highest BCUT2D eigenvalue weighted by Gasteiger charge is 2.34. The van der Waals surface area contributed by atoms with Gasteiger partial charge in [0.2, 0.25) is 5.91 Å². The van der Waals surface area contributed by atoms with Gasteiger partial charge < -0.3 is 19.7 Å². The van der Waals surface area contributed by atoms with Crippen LogP contribution in [-0.2, 0) is 32.1 Å². The number of halogens is 3. The predicted octanol–water partition coefficient (Wildman–Crippen LogP) is 3.74. The fourth-order valence-electron chi connectivity index (χ4n) is 3.83. The van der Waals surface area contributed by atoms with Crippen molar-refractivity contribution in [2.45, 2.75) is 31.8 Å². The first kappa shape index (κ1) is 29.4. The van der Waals surface area contributed by atoms with Gasteiger partial charge in [0, 0.05) is 44.7 Å². The number of esters is 1. The molecule has 1 aliphatic rings. The Hall–Kier alpha value is -4.11. The van der Waals surface area contributed by atoms with Gasteiger partial charge >= 0.3 is 12.1 Å². The fourth-order valence-corrected chi connectivity index (χ4v) is 3.83. The van der Waals surface area contributed by atoms with Crippen molar-refractivity contribution in [1.82, 2.24) is 9.80 Å². The highest BCUT2D eigenvalue weighted by Crippen LogP contribution is 2.27. The molecule has 0 bridgehead atoms. The minimum atomic E-state index is -2.70. The first-order valence-corrected chi connectivity index (χ1v) is 12.3. The van der Waals surface area contributed by atoms with Gasteiger partial charge in [0.05, 0.1) is 6.42 Å². The van der Waals surface area contributed by atoms with Crippen molar-refractivity contribution >= 4 is 23.7 Å². The molecule has 0 saturated carbocycles. The molecule has 1 fully saturated rings. The molecule has 0 radical (unpaired) electrons. The van der Waals surface area contributed by atoms with E-state index in [2.05, 4.69) is 5.32 Å². The van der Waals surface area contributed by atoms with Crippen LogP contribution in [0.15, 0.2) is 48.5 Å². The normalized spacial score (nSPS) is 14.6. The van der Waals surface area contributed by atoms with E-state index >= 15 is 0 Å². The first-order valence-electron chi connectivity index (χ1n) is 12.3. The molecule has 1 heterocycles. The Bertz CT molecular complexity index is 1160. The molecule has 9 nitrogen and oxygen atoms in total. The number of anilines is 1. The Morgan fingerprint density at radius 2 is 1.64 bits per heavy atom. The number of alkyl halides is 2. The zero-order chi connectivity index (χ0) is 28.3. The monoisotopic (exact) mass is 546 g/mol. The smallest absolute Gasteiger partial charge is 0.410 e. The van der Waals surface area contributed by atoms with Crippen LogP contribution in [0, 0.1) is 17.1 Å². The standard InChI is InChI=1S/C27H29F3N4O5/c28-22-5-1-20(2-6-22)17-24(35)32-23-7-3-21(4-8-23)19-39-26(37)34(18-25(36)38-16-11-31)15-14-33-12-9-27(29,30)10-13-33/h1-8H,9-10,12-19H2,(H,32,35). The Balaban J connectivity index is 1.50. The van der Waals surface area contributed by atoms with E-state index in [9.17, 15) is 27.6 Å². The Morgan fingerprint density at radius 1 is 1.00 bits per heavy atom. The van der Waals surface area contributed by atoms with Gasteiger partial charge in [0.25, 0.3) is 5.92 Å². The Labute approximate surface area is 224 Å². The SMILES string of the molecule is N#CCOC(=O)CN(CCN1CCC(F)(F)CC1)C(=O)OCc1ccc(NC(=O)Cc2ccc(F)cc2)cc1. The number of nitriles is 1. The second-order valence-electron chi connectivity index (χ2n) is 9.04. The number of benzene rings is 2. The third kappa shape index (κ3) is 10.3. The van der Waals surface area contributed by atoms with E-state index in [1.165, 1.54) is 24.3 Å². The maximum absolute atomic E-state index is 13.4. The quantitative estimate of drug-likeness (QED) is 0.428. The van der Waals surface area contributed by atoms with Gasteiger partial charge in [0.1, 0.15) is 25.0 Å². The van der Waals surface area contributed by atoms with Crippen molar-refractivity contribution in [3.05, 3.63) is 65.5 Å². The molecule has 0 aromatic heterocycles. The summed E-state index contributed by atoms with van der Waals surface area (Å²) >= 11 is 0. The third-order valence-corrected chi connectivity index (χ3v) is 6.03. The molecule has 208 valence electrons. The lowest BCUT2D eigenvalue weighted by atomic mass is 10.1. The van der Waals surface area contributed by atoms with E-state index in [1.807, 2.05) is 0 Å². The van der Waals surface area contributed by atoms with Crippen LogP contribution in [0.4, 0.5) is 23.7 Å². The van der Waals surface area contributed by atoms with Crippen LogP contribution in [0.3, 0.4) is 0 Å². The number of nitrogens with one attached hydrogen (secondary N) is 1. The molecule has 2 aromatic carbocycles. The topological polar surface area (TPSA) is 112 Å². The summed E-state index contributed by atoms with van der Waals surface area (Å²) in [6.45, 7) is -0.390. The van der Waals surface area contributed by atoms with Crippen LogP contribution in [-0.4, -0.2) is 73.0 Å². The Kier molecular flexibility index (Phi) is 10.7. The largest absolute Gasteiger partial charge is 0.449 e. The average Bonchev–Trinajstić information content (AvgIpc) is 2.91. The number of hydrogen-bond acceptors (Lipinski definition) is 7. The molecule has 0 atom stereocenters. The number of ether oxygens (including phenoxy) is 2. The highest BCUT2D eigenvalue weighted by molar-refractivity contribution is 5.92. The van der Waals surface area contributed by atoms with Gasteiger partial charge in [-0.3, -0.25) is 14.5 Å². The van der Waals surface area contributed by atoms with Gasteiger partial charge in [-0.2, -0.15) is 5.26 Å². The molecule has 1 aliphatic heterocycles. The van der Waals surface area contributed by atoms with Crippen molar-refractivity contribution in [1.29, 1.82) is 5.26 Å². The van der Waals surface area contributed by atoms with E-state index in [4.69, 9.17) is 14.7 Å². The summed E-state index contributed by atoms with van der Waals surface area (Å²) in [6, 6.07) is 13.9. The molecule has 3 rings (SSSR count). The average molecular weight is 547 g/mol. The van der Waals surface area contributed by atoms with Crippen molar-refractivity contribution in [2.24, 2.45) is 0 Å². The van der Waals surface area contributed by atoms with Crippen LogP contribution in [0.2, 0.25) is 0 Å². The summed E-state index contributed by atoms with van der Waals surface area (Å²) in [4.78, 5) is 39.8. The molecule has 0 aliphatic carbocycles.